The van der Waals surface area contributed by atoms with Crippen molar-refractivity contribution in [3.8, 4) is 103 Å². The van der Waals surface area contributed by atoms with E-state index < -0.39 is 0 Å². The predicted octanol–water partition coefficient (Wildman–Crippen LogP) is 13.6. The Morgan fingerprint density at radius 3 is 1.43 bits per heavy atom. The maximum absolute atomic E-state index is 10.9. The Balaban J connectivity index is 1.27. The number of hydrogen-bond donors (Lipinski definition) is 0. The zero-order valence-corrected chi connectivity index (χ0v) is 35.7. The summed E-state index contributed by atoms with van der Waals surface area (Å²) in [6, 6.07) is 74.3. The zero-order chi connectivity index (χ0) is 45.3. The van der Waals surface area contributed by atoms with Crippen molar-refractivity contribution in [1.82, 2.24) is 24.5 Å². The lowest BCUT2D eigenvalue weighted by atomic mass is 9.96. The van der Waals surface area contributed by atoms with Crippen LogP contribution in [0.4, 0.5) is 0 Å². The second kappa shape index (κ2) is 17.1. The van der Waals surface area contributed by atoms with Crippen molar-refractivity contribution >= 4 is 21.8 Å². The molecule has 0 fully saturated rings. The first kappa shape index (κ1) is 40.0. The van der Waals surface area contributed by atoms with E-state index in [0.29, 0.717) is 45.2 Å². The fourth-order valence-electron chi connectivity index (χ4n) is 8.78. The van der Waals surface area contributed by atoms with Crippen molar-refractivity contribution in [2.24, 2.45) is 0 Å². The lowest BCUT2D eigenvalue weighted by molar-refractivity contribution is 1.13. The molecular formula is C59H34N8. The van der Waals surface area contributed by atoms with Crippen LogP contribution in [0.5, 0.6) is 0 Å². The van der Waals surface area contributed by atoms with Gasteiger partial charge in [-0.25, -0.2) is 19.9 Å². The minimum absolute atomic E-state index is 0.401. The van der Waals surface area contributed by atoms with Crippen molar-refractivity contribution in [1.29, 1.82) is 15.8 Å². The van der Waals surface area contributed by atoms with Gasteiger partial charge in [-0.05, 0) is 65.7 Å². The van der Waals surface area contributed by atoms with Crippen LogP contribution in [-0.4, -0.2) is 24.5 Å². The molecule has 0 saturated heterocycles. The van der Waals surface area contributed by atoms with Gasteiger partial charge in [-0.2, -0.15) is 15.8 Å². The van der Waals surface area contributed by atoms with E-state index in [-0.39, 0.29) is 0 Å². The van der Waals surface area contributed by atoms with Crippen molar-refractivity contribution in [3.63, 3.8) is 0 Å². The molecule has 0 aliphatic carbocycles. The number of nitriles is 3. The summed E-state index contributed by atoms with van der Waals surface area (Å²) in [6.45, 7) is 0. The van der Waals surface area contributed by atoms with Gasteiger partial charge in [-0.3, -0.25) is 0 Å². The molecule has 0 aliphatic heterocycles. The van der Waals surface area contributed by atoms with Crippen LogP contribution in [0, 0.1) is 34.0 Å². The molecule has 0 bridgehead atoms. The molecule has 0 spiro atoms. The SMILES string of the molecule is N#Cc1ccc(-c2ccc3c(c2)c2ccccc2n3-c2c(-c3cc(-c4ccccc4)nc(-c4ccccc4)n3)cc(C#N)cc2-c2nc(-c3ccccc3)cc(-c3ccccc3)n2)c(C#N)c1. The van der Waals surface area contributed by atoms with Gasteiger partial charge >= 0.3 is 0 Å². The highest BCUT2D eigenvalue weighted by molar-refractivity contribution is 6.12. The largest absolute Gasteiger partial charge is 0.308 e. The molecule has 8 heteroatoms. The molecule has 0 saturated carbocycles. The average Bonchev–Trinajstić information content (AvgIpc) is 3.74. The lowest BCUT2D eigenvalue weighted by Gasteiger charge is -2.20. The van der Waals surface area contributed by atoms with Crippen molar-refractivity contribution < 1.29 is 0 Å². The van der Waals surface area contributed by atoms with Gasteiger partial charge in [0, 0.05) is 44.2 Å². The van der Waals surface area contributed by atoms with Crippen LogP contribution in [0.25, 0.3) is 106 Å². The number of fused-ring (bicyclic) bond motifs is 3. The van der Waals surface area contributed by atoms with Gasteiger partial charge in [0.25, 0.3) is 0 Å². The molecule has 0 aliphatic rings. The normalized spacial score (nSPS) is 10.9. The van der Waals surface area contributed by atoms with Gasteiger partial charge < -0.3 is 4.57 Å². The number of nitrogens with zero attached hydrogens (tertiary/aromatic N) is 8. The average molecular weight is 855 g/mol. The van der Waals surface area contributed by atoms with Gasteiger partial charge in [0.05, 0.1) is 74.4 Å². The smallest absolute Gasteiger partial charge is 0.162 e. The topological polar surface area (TPSA) is 128 Å². The zero-order valence-electron chi connectivity index (χ0n) is 35.7. The minimum atomic E-state index is 0.401. The van der Waals surface area contributed by atoms with Crippen LogP contribution in [-0.2, 0) is 0 Å². The minimum Gasteiger partial charge on any atom is -0.308 e. The van der Waals surface area contributed by atoms with E-state index >= 15 is 0 Å². The molecule has 0 atom stereocenters. The second-order valence-electron chi connectivity index (χ2n) is 16.0. The molecule has 3 aromatic heterocycles. The maximum atomic E-state index is 10.9. The summed E-state index contributed by atoms with van der Waals surface area (Å²) < 4.78 is 2.22. The number of benzene rings is 8. The number of aromatic nitrogens is 5. The van der Waals surface area contributed by atoms with E-state index in [0.717, 1.165) is 78.0 Å². The van der Waals surface area contributed by atoms with E-state index in [1.54, 1.807) is 12.1 Å². The quantitative estimate of drug-likeness (QED) is 0.149. The third-order valence-corrected chi connectivity index (χ3v) is 11.9. The Hall–Kier alpha value is -9.81. The lowest BCUT2D eigenvalue weighted by Crippen LogP contribution is -2.06. The van der Waals surface area contributed by atoms with Crippen LogP contribution in [0.1, 0.15) is 16.7 Å². The van der Waals surface area contributed by atoms with E-state index in [9.17, 15) is 15.8 Å². The molecule has 0 N–H and O–H groups in total. The number of para-hydroxylation sites is 1. The molecule has 0 unspecified atom stereocenters. The first-order chi connectivity index (χ1) is 33.1. The van der Waals surface area contributed by atoms with Gasteiger partial charge in [0.2, 0.25) is 0 Å². The summed E-state index contributed by atoms with van der Waals surface area (Å²) in [4.78, 5) is 21.1. The fourth-order valence-corrected chi connectivity index (χ4v) is 8.78. The monoisotopic (exact) mass is 854 g/mol. The van der Waals surface area contributed by atoms with Gasteiger partial charge in [0.1, 0.15) is 0 Å². The highest BCUT2D eigenvalue weighted by atomic mass is 15.0. The Kier molecular flexibility index (Phi) is 10.2. The molecule has 8 aromatic carbocycles. The third-order valence-electron chi connectivity index (χ3n) is 11.9. The van der Waals surface area contributed by atoms with E-state index in [4.69, 9.17) is 19.9 Å². The molecule has 0 radical (unpaired) electrons. The fraction of sp³-hybridized carbons (Fsp3) is 0. The van der Waals surface area contributed by atoms with Crippen LogP contribution in [0.3, 0.4) is 0 Å². The van der Waals surface area contributed by atoms with Crippen molar-refractivity contribution in [2.75, 3.05) is 0 Å². The van der Waals surface area contributed by atoms with Gasteiger partial charge in [-0.15, -0.1) is 0 Å². The maximum Gasteiger partial charge on any atom is 0.162 e. The van der Waals surface area contributed by atoms with E-state index in [2.05, 4.69) is 47.0 Å². The van der Waals surface area contributed by atoms with Crippen molar-refractivity contribution in [2.45, 2.75) is 0 Å². The first-order valence-corrected chi connectivity index (χ1v) is 21.6. The van der Waals surface area contributed by atoms with Gasteiger partial charge in [-0.1, -0.05) is 152 Å². The molecule has 0 amide bonds. The Labute approximate surface area is 386 Å². The standard InChI is InChI=1S/C59H34N8/c60-35-38-25-27-46(45(29-38)37-62)44-26-28-56-48(32-44)47-23-13-14-24-55(47)67(56)57-49(54-34-53(42-19-9-3-10-20-42)63-58(66-54)43-21-11-4-12-22-43)30-39(36-61)31-50(57)59-64-51(40-15-5-1-6-16-40)33-52(65-59)41-17-7-2-8-18-41/h1-34H. The number of rotatable bonds is 8. The molecule has 310 valence electrons. The predicted molar refractivity (Wildman–Crippen MR) is 264 cm³/mol. The number of hydrogen-bond acceptors (Lipinski definition) is 7. The first-order valence-electron chi connectivity index (χ1n) is 21.6. The van der Waals surface area contributed by atoms with Crippen LogP contribution in [0.2, 0.25) is 0 Å². The molecule has 11 aromatic rings. The summed E-state index contributed by atoms with van der Waals surface area (Å²) in [7, 11) is 0. The van der Waals surface area contributed by atoms with Gasteiger partial charge in [0.15, 0.2) is 11.6 Å². The van der Waals surface area contributed by atoms with Crippen LogP contribution < -0.4 is 0 Å². The summed E-state index contributed by atoms with van der Waals surface area (Å²) >= 11 is 0. The summed E-state index contributed by atoms with van der Waals surface area (Å²) in [5.41, 5.74) is 12.9. The summed E-state index contributed by atoms with van der Waals surface area (Å²) in [5.74, 6) is 0.955. The molecule has 3 heterocycles. The summed E-state index contributed by atoms with van der Waals surface area (Å²) in [5, 5.41) is 32.7. The molecular weight excluding hydrogens is 821 g/mol. The second-order valence-corrected chi connectivity index (χ2v) is 16.0. The Morgan fingerprint density at radius 2 is 0.836 bits per heavy atom. The highest BCUT2D eigenvalue weighted by Gasteiger charge is 2.26. The van der Waals surface area contributed by atoms with Crippen molar-refractivity contribution in [3.05, 3.63) is 223 Å². The molecule has 8 nitrogen and oxygen atoms in total. The Morgan fingerprint density at radius 1 is 0.328 bits per heavy atom. The van der Waals surface area contributed by atoms with Crippen LogP contribution in [0.15, 0.2) is 206 Å². The van der Waals surface area contributed by atoms with Crippen LogP contribution >= 0.6 is 0 Å². The van der Waals surface area contributed by atoms with E-state index in [1.165, 1.54) is 0 Å². The Bertz CT molecular complexity index is 3560. The van der Waals surface area contributed by atoms with E-state index in [1.807, 2.05) is 170 Å². The summed E-state index contributed by atoms with van der Waals surface area (Å²) in [6.07, 6.45) is 0. The molecule has 11 rings (SSSR count). The molecule has 67 heavy (non-hydrogen) atoms. The highest BCUT2D eigenvalue weighted by Crippen LogP contribution is 2.44. The third kappa shape index (κ3) is 7.41.